The van der Waals surface area contributed by atoms with E-state index in [4.69, 9.17) is 10.8 Å². The van der Waals surface area contributed by atoms with Gasteiger partial charge in [-0.15, -0.1) is 0 Å². The number of aliphatic hydroxyl groups excluding tert-OH is 3. The summed E-state index contributed by atoms with van der Waals surface area (Å²) in [4.78, 5) is 11.3. The largest absolute Gasteiger partial charge is 0.537 e. The number of hydrogen-bond acceptors (Lipinski definition) is 10. The molecule has 10 nitrogen and oxygen atoms in total. The summed E-state index contributed by atoms with van der Waals surface area (Å²) in [6.07, 6.45) is -4.11. The lowest BCUT2D eigenvalue weighted by atomic mass is 9.94. The molecule has 2 bridgehead atoms. The van der Waals surface area contributed by atoms with Crippen LogP contribution < -0.4 is 5.73 Å². The van der Waals surface area contributed by atoms with Crippen LogP contribution in [-0.4, -0.2) is 56.7 Å². The molecular formula is C6H10NO9P. The molecule has 0 saturated carbocycles. The molecule has 2 aliphatic rings. The molecule has 0 aliphatic carbocycles. The van der Waals surface area contributed by atoms with Crippen LogP contribution in [0.15, 0.2) is 0 Å². The van der Waals surface area contributed by atoms with Gasteiger partial charge in [0.05, 0.1) is 6.61 Å². The van der Waals surface area contributed by atoms with Gasteiger partial charge in [-0.05, 0) is 0 Å². The van der Waals surface area contributed by atoms with Gasteiger partial charge in [0.25, 0.3) is 11.5 Å². The van der Waals surface area contributed by atoms with E-state index in [2.05, 4.69) is 13.6 Å². The van der Waals surface area contributed by atoms with E-state index in [1.54, 1.807) is 0 Å². The number of carbonyl (C=O) groups excluding carboxylic acids is 1. The van der Waals surface area contributed by atoms with Crippen molar-refractivity contribution in [2.24, 2.45) is 5.73 Å². The van der Waals surface area contributed by atoms with E-state index < -0.39 is 44.1 Å². The average Bonchev–Trinajstić information content (AvgIpc) is 2.58. The number of fused-ring (bicyclic) bond motifs is 2. The Bertz CT molecular complexity index is 414. The van der Waals surface area contributed by atoms with Crippen molar-refractivity contribution in [1.29, 1.82) is 0 Å². The molecule has 2 heterocycles. The third kappa shape index (κ3) is 1.47. The van der Waals surface area contributed by atoms with Crippen LogP contribution in [0.4, 0.5) is 0 Å². The number of hydrogen-bond donors (Lipinski definition) is 5. The van der Waals surface area contributed by atoms with Gasteiger partial charge >= 0.3 is 13.8 Å². The molecule has 2 aliphatic heterocycles. The SMILES string of the molecule is N[C@]12OP(=O)(OC1=O)O[C@]2(O)[C@H](O)C(O)CO. The molecule has 11 heteroatoms. The number of carbonyl (C=O) groups is 1. The summed E-state index contributed by atoms with van der Waals surface area (Å²) in [5.74, 6) is -4.38. The molecule has 0 radical (unpaired) electrons. The summed E-state index contributed by atoms with van der Waals surface area (Å²) < 4.78 is 24.4. The van der Waals surface area contributed by atoms with E-state index in [-0.39, 0.29) is 0 Å². The third-order valence-electron chi connectivity index (χ3n) is 2.49. The Morgan fingerprint density at radius 2 is 2.00 bits per heavy atom. The van der Waals surface area contributed by atoms with Crippen LogP contribution in [0.5, 0.6) is 0 Å². The number of phosphoric ester groups is 1. The highest BCUT2D eigenvalue weighted by atomic mass is 31.2. The first-order valence-electron chi connectivity index (χ1n) is 4.42. The predicted molar refractivity (Wildman–Crippen MR) is 46.8 cm³/mol. The molecule has 0 spiro atoms. The lowest BCUT2D eigenvalue weighted by Gasteiger charge is -2.37. The first kappa shape index (κ1) is 12.9. The van der Waals surface area contributed by atoms with E-state index >= 15 is 0 Å². The molecule has 0 amide bonds. The van der Waals surface area contributed by atoms with E-state index in [1.165, 1.54) is 0 Å². The zero-order valence-corrected chi connectivity index (χ0v) is 9.11. The second kappa shape index (κ2) is 3.46. The summed E-state index contributed by atoms with van der Waals surface area (Å²) in [6, 6.07) is 0. The van der Waals surface area contributed by atoms with Crippen molar-refractivity contribution < 1.29 is 43.4 Å². The lowest BCUT2D eigenvalue weighted by molar-refractivity contribution is -0.278. The van der Waals surface area contributed by atoms with Gasteiger partial charge in [0.15, 0.2) is 0 Å². The van der Waals surface area contributed by atoms with Crippen molar-refractivity contribution in [3.05, 3.63) is 0 Å². The standard InChI is InChI=1S/C6H10NO9P/c7-5-4(11)14-17(13,15-5)16-6(5,12)3(10)2(9)1-8/h2-3,8-10,12H,1,7H2/t2?,3-,5+,6-,17?/m1/s1. The Hall–Kier alpha value is -0.580. The molecular weight excluding hydrogens is 261 g/mol. The van der Waals surface area contributed by atoms with Crippen LogP contribution in [0.1, 0.15) is 0 Å². The minimum atomic E-state index is -4.40. The van der Waals surface area contributed by atoms with Gasteiger partial charge in [-0.2, -0.15) is 0 Å². The van der Waals surface area contributed by atoms with E-state index in [1.807, 2.05) is 0 Å². The fraction of sp³-hybridized carbons (Fsp3) is 0.833. The molecule has 0 aromatic rings. The highest BCUT2D eigenvalue weighted by molar-refractivity contribution is 7.50. The first-order chi connectivity index (χ1) is 7.68. The molecule has 5 atom stereocenters. The van der Waals surface area contributed by atoms with Crippen LogP contribution in [0.3, 0.4) is 0 Å². The van der Waals surface area contributed by atoms with Crippen molar-refractivity contribution in [2.45, 2.75) is 23.7 Å². The lowest BCUT2D eigenvalue weighted by Crippen LogP contribution is -2.71. The van der Waals surface area contributed by atoms with Gasteiger partial charge < -0.3 is 24.9 Å². The fourth-order valence-electron chi connectivity index (χ4n) is 1.52. The smallest absolute Gasteiger partial charge is 0.394 e. The summed E-state index contributed by atoms with van der Waals surface area (Å²) in [6.45, 7) is -0.956. The van der Waals surface area contributed by atoms with Crippen molar-refractivity contribution in [3.8, 4) is 0 Å². The van der Waals surface area contributed by atoms with E-state index in [0.717, 1.165) is 0 Å². The second-order valence-electron chi connectivity index (χ2n) is 3.64. The Morgan fingerprint density at radius 1 is 1.41 bits per heavy atom. The minimum Gasteiger partial charge on any atom is -0.394 e. The summed E-state index contributed by atoms with van der Waals surface area (Å²) >= 11 is 0. The normalized spacial score (nSPS) is 47.9. The molecule has 2 saturated heterocycles. The summed E-state index contributed by atoms with van der Waals surface area (Å²) in [7, 11) is -4.40. The van der Waals surface area contributed by atoms with Crippen LogP contribution in [0.2, 0.25) is 0 Å². The van der Waals surface area contributed by atoms with E-state index in [9.17, 15) is 24.7 Å². The number of rotatable bonds is 3. The Kier molecular flexibility index (Phi) is 2.62. The van der Waals surface area contributed by atoms with Crippen LogP contribution >= 0.6 is 7.82 Å². The monoisotopic (exact) mass is 271 g/mol. The van der Waals surface area contributed by atoms with Gasteiger partial charge in [0.2, 0.25) is 0 Å². The Balaban J connectivity index is 2.40. The summed E-state index contributed by atoms with van der Waals surface area (Å²) in [5.41, 5.74) is 2.58. The van der Waals surface area contributed by atoms with Crippen molar-refractivity contribution in [1.82, 2.24) is 0 Å². The zero-order chi connectivity index (χ0) is 13.1. The second-order valence-corrected chi connectivity index (χ2v) is 5.08. The Morgan fingerprint density at radius 3 is 2.41 bits per heavy atom. The average molecular weight is 271 g/mol. The van der Waals surface area contributed by atoms with Crippen molar-refractivity contribution in [3.63, 3.8) is 0 Å². The quantitative estimate of drug-likeness (QED) is 0.328. The van der Waals surface area contributed by atoms with Gasteiger partial charge in [-0.25, -0.2) is 18.4 Å². The van der Waals surface area contributed by atoms with Crippen LogP contribution in [0, 0.1) is 0 Å². The molecule has 6 N–H and O–H groups in total. The maximum atomic E-state index is 11.5. The van der Waals surface area contributed by atoms with Gasteiger partial charge in [-0.1, -0.05) is 0 Å². The van der Waals surface area contributed by atoms with Crippen LogP contribution in [-0.2, 0) is 22.9 Å². The van der Waals surface area contributed by atoms with Gasteiger partial charge in [-0.3, -0.25) is 5.73 Å². The molecule has 2 unspecified atom stereocenters. The van der Waals surface area contributed by atoms with E-state index in [0.29, 0.717) is 0 Å². The van der Waals surface area contributed by atoms with Gasteiger partial charge in [0, 0.05) is 0 Å². The predicted octanol–water partition coefficient (Wildman–Crippen LogP) is -3.24. The summed E-state index contributed by atoms with van der Waals surface area (Å²) in [5, 5.41) is 37.2. The fourth-order valence-corrected chi connectivity index (χ4v) is 3.12. The molecule has 98 valence electrons. The number of aliphatic hydroxyl groups is 4. The molecule has 0 aromatic carbocycles. The van der Waals surface area contributed by atoms with Crippen molar-refractivity contribution in [2.75, 3.05) is 6.61 Å². The number of phosphoric acid groups is 1. The highest BCUT2D eigenvalue weighted by Crippen LogP contribution is 2.69. The highest BCUT2D eigenvalue weighted by Gasteiger charge is 2.79. The minimum absolute atomic E-state index is 0.956. The third-order valence-corrected chi connectivity index (χ3v) is 3.89. The molecule has 0 aromatic heterocycles. The molecule has 2 rings (SSSR count). The maximum absolute atomic E-state index is 11.5. The molecule has 2 fully saturated rings. The van der Waals surface area contributed by atoms with Crippen molar-refractivity contribution >= 4 is 13.8 Å². The maximum Gasteiger partial charge on any atom is 0.537 e. The Labute approximate surface area is 94.1 Å². The van der Waals surface area contributed by atoms with Crippen LogP contribution in [0.25, 0.3) is 0 Å². The topological polar surface area (TPSA) is 169 Å². The first-order valence-corrected chi connectivity index (χ1v) is 5.88. The van der Waals surface area contributed by atoms with Gasteiger partial charge in [0.1, 0.15) is 12.2 Å². The number of nitrogens with two attached hydrogens (primary N) is 1. The molecule has 17 heavy (non-hydrogen) atoms. The zero-order valence-electron chi connectivity index (χ0n) is 8.22.